The van der Waals surface area contributed by atoms with Crippen molar-refractivity contribution in [2.24, 2.45) is 0 Å². The zero-order chi connectivity index (χ0) is 23.3. The third kappa shape index (κ3) is 6.89. The fourth-order valence-corrected chi connectivity index (χ4v) is 3.04. The summed E-state index contributed by atoms with van der Waals surface area (Å²) in [6.45, 7) is 0.746. The van der Waals surface area contributed by atoms with Crippen molar-refractivity contribution in [3.63, 3.8) is 0 Å². The van der Waals surface area contributed by atoms with Crippen LogP contribution in [-0.2, 0) is 23.9 Å². The smallest absolute Gasteiger partial charge is 0.430 e. The number of halogens is 5. The number of carbonyl (C=O) groups excluding carboxylic acids is 2. The van der Waals surface area contributed by atoms with Gasteiger partial charge in [0.2, 0.25) is 12.4 Å². The van der Waals surface area contributed by atoms with Crippen LogP contribution >= 0.6 is 23.2 Å². The monoisotopic (exact) mass is 487 g/mol. The van der Waals surface area contributed by atoms with Gasteiger partial charge < -0.3 is 19.0 Å². The van der Waals surface area contributed by atoms with Crippen molar-refractivity contribution >= 4 is 41.2 Å². The average Bonchev–Trinajstić information content (AvgIpc) is 2.63. The van der Waals surface area contributed by atoms with Gasteiger partial charge in [-0.1, -0.05) is 23.2 Å². The van der Waals surface area contributed by atoms with Gasteiger partial charge in [0, 0.05) is 23.9 Å². The molecule has 0 saturated carbocycles. The van der Waals surface area contributed by atoms with Gasteiger partial charge in [-0.3, -0.25) is 4.79 Å². The lowest BCUT2D eigenvalue weighted by Gasteiger charge is -2.29. The molecule has 170 valence electrons. The van der Waals surface area contributed by atoms with Crippen LogP contribution in [0.2, 0.25) is 10.0 Å². The summed E-state index contributed by atoms with van der Waals surface area (Å²) < 4.78 is 54.8. The Hall–Kier alpha value is -2.73. The lowest BCUT2D eigenvalue weighted by atomic mass is 10.0. The Morgan fingerprint density at radius 2 is 1.97 bits per heavy atom. The summed E-state index contributed by atoms with van der Waals surface area (Å²) in [6.07, 6.45) is -8.70. The maximum Gasteiger partial charge on any atom is 0.430 e. The minimum atomic E-state index is -4.98. The third-order valence-corrected chi connectivity index (χ3v) is 4.19. The first-order valence-corrected chi connectivity index (χ1v) is 9.26. The van der Waals surface area contributed by atoms with E-state index in [0.29, 0.717) is 0 Å². The minimum Gasteiger partial charge on any atom is -0.474 e. The number of hydrogen-bond donors (Lipinski definition) is 0. The summed E-state index contributed by atoms with van der Waals surface area (Å²) in [6, 6.07) is 2.43. The molecule has 1 aliphatic heterocycles. The summed E-state index contributed by atoms with van der Waals surface area (Å²) in [5, 5.41) is 8.89. The molecule has 1 unspecified atom stereocenters. The largest absolute Gasteiger partial charge is 0.474 e. The van der Waals surface area contributed by atoms with Gasteiger partial charge in [-0.25, -0.2) is 4.79 Å². The molecule has 0 spiro atoms. The highest BCUT2D eigenvalue weighted by Gasteiger charge is 2.49. The highest BCUT2D eigenvalue weighted by atomic mass is 35.5. The molecule has 2 rings (SSSR count). The molecule has 0 bridgehead atoms. The van der Waals surface area contributed by atoms with Crippen molar-refractivity contribution in [3.8, 4) is 5.75 Å². The Bertz CT molecular complexity index is 906. The maximum absolute atomic E-state index is 13.4. The number of esters is 2. The Balaban J connectivity index is 2.09. The van der Waals surface area contributed by atoms with Gasteiger partial charge in [0.1, 0.15) is 5.75 Å². The van der Waals surface area contributed by atoms with Gasteiger partial charge in [0.25, 0.3) is 5.09 Å². The van der Waals surface area contributed by atoms with Crippen LogP contribution < -0.4 is 4.74 Å². The van der Waals surface area contributed by atoms with Crippen LogP contribution in [0.25, 0.3) is 6.08 Å². The second-order valence-electron chi connectivity index (χ2n) is 6.07. The predicted molar refractivity (Wildman–Crippen MR) is 98.7 cm³/mol. The fourth-order valence-electron chi connectivity index (χ4n) is 2.49. The van der Waals surface area contributed by atoms with E-state index in [-0.39, 0.29) is 40.8 Å². The molecule has 0 aromatic heterocycles. The molecule has 0 radical (unpaired) electrons. The molecule has 31 heavy (non-hydrogen) atoms. The molecule has 0 fully saturated rings. The van der Waals surface area contributed by atoms with E-state index < -0.39 is 41.2 Å². The second-order valence-corrected chi connectivity index (χ2v) is 6.91. The van der Waals surface area contributed by atoms with Crippen LogP contribution in [0.3, 0.4) is 0 Å². The normalized spacial score (nSPS) is 16.3. The molecule has 14 heteroatoms. The lowest BCUT2D eigenvalue weighted by molar-refractivity contribution is -0.757. The standard InChI is InChI=1S/C17H14Cl2F3NO8/c1-8(29-13(24)3-2-4-28-23(26)27)30-16(25)11-6-9-5-10(18)7-12(19)14(9)31-15(11)17(20,21)22/h5-8,15H,2-4H2,1H3/t8-,15?/m0/s1. The topological polar surface area (TPSA) is 114 Å². The number of benzene rings is 1. The molecule has 0 N–H and O–H groups in total. The number of alkyl halides is 3. The van der Waals surface area contributed by atoms with E-state index in [4.69, 9.17) is 37.4 Å². The first kappa shape index (κ1) is 24.5. The summed E-state index contributed by atoms with van der Waals surface area (Å²) in [5.41, 5.74) is -0.874. The molecule has 1 aromatic carbocycles. The first-order valence-electron chi connectivity index (χ1n) is 8.50. The molecule has 0 aliphatic carbocycles. The highest BCUT2D eigenvalue weighted by Crippen LogP contribution is 2.42. The highest BCUT2D eigenvalue weighted by molar-refractivity contribution is 6.36. The first-order chi connectivity index (χ1) is 14.4. The minimum absolute atomic E-state index is 0.0281. The summed E-state index contributed by atoms with van der Waals surface area (Å²) in [7, 11) is 0. The van der Waals surface area contributed by atoms with E-state index in [0.717, 1.165) is 13.0 Å². The Labute approximate surface area is 182 Å². The molecular weight excluding hydrogens is 474 g/mol. The van der Waals surface area contributed by atoms with E-state index in [1.807, 2.05) is 0 Å². The van der Waals surface area contributed by atoms with Gasteiger partial charge in [0.05, 0.1) is 17.2 Å². The SMILES string of the molecule is C[C@@H](OC(=O)CCCO[N+](=O)[O-])OC(=O)C1=Cc2cc(Cl)cc(Cl)c2OC1C(F)(F)F. The van der Waals surface area contributed by atoms with E-state index in [1.54, 1.807) is 0 Å². The maximum atomic E-state index is 13.4. The van der Waals surface area contributed by atoms with Gasteiger partial charge in [-0.2, -0.15) is 13.2 Å². The van der Waals surface area contributed by atoms with Crippen LogP contribution in [-0.4, -0.2) is 42.2 Å². The fraction of sp³-hybridized carbons (Fsp3) is 0.412. The van der Waals surface area contributed by atoms with Gasteiger partial charge >= 0.3 is 18.1 Å². The van der Waals surface area contributed by atoms with Crippen molar-refractivity contribution in [1.82, 2.24) is 0 Å². The van der Waals surface area contributed by atoms with Crippen molar-refractivity contribution in [3.05, 3.63) is 43.4 Å². The molecule has 9 nitrogen and oxygen atoms in total. The Kier molecular flexibility index (Phi) is 7.96. The molecule has 1 aromatic rings. The number of nitrogens with zero attached hydrogens (tertiary/aromatic N) is 1. The Morgan fingerprint density at radius 1 is 1.29 bits per heavy atom. The van der Waals surface area contributed by atoms with Crippen LogP contribution in [0.5, 0.6) is 5.75 Å². The van der Waals surface area contributed by atoms with Gasteiger partial charge in [-0.05, 0) is 24.6 Å². The molecular formula is C17H14Cl2F3NO8. The second kappa shape index (κ2) is 10.1. The van der Waals surface area contributed by atoms with Crippen molar-refractivity contribution in [1.29, 1.82) is 0 Å². The number of ether oxygens (including phenoxy) is 3. The van der Waals surface area contributed by atoms with Crippen molar-refractivity contribution in [2.75, 3.05) is 6.61 Å². The van der Waals surface area contributed by atoms with E-state index in [2.05, 4.69) is 4.84 Å². The van der Waals surface area contributed by atoms with Crippen LogP contribution in [0.1, 0.15) is 25.3 Å². The molecule has 0 amide bonds. The average molecular weight is 488 g/mol. The number of rotatable bonds is 8. The number of fused-ring (bicyclic) bond motifs is 1. The van der Waals surface area contributed by atoms with Crippen LogP contribution in [0.4, 0.5) is 13.2 Å². The summed E-state index contributed by atoms with van der Waals surface area (Å²) in [5.74, 6) is -2.65. The van der Waals surface area contributed by atoms with E-state index >= 15 is 0 Å². The lowest BCUT2D eigenvalue weighted by Crippen LogP contribution is -2.41. The van der Waals surface area contributed by atoms with Crippen LogP contribution in [0.15, 0.2) is 17.7 Å². The summed E-state index contributed by atoms with van der Waals surface area (Å²) >= 11 is 11.7. The van der Waals surface area contributed by atoms with Gasteiger partial charge in [-0.15, -0.1) is 10.1 Å². The van der Waals surface area contributed by atoms with E-state index in [1.165, 1.54) is 12.1 Å². The van der Waals surface area contributed by atoms with Crippen LogP contribution in [0, 0.1) is 10.1 Å². The zero-order valence-electron chi connectivity index (χ0n) is 15.6. The molecule has 1 heterocycles. The Morgan fingerprint density at radius 3 is 2.58 bits per heavy atom. The predicted octanol–water partition coefficient (Wildman–Crippen LogP) is 4.12. The number of carbonyl (C=O) groups is 2. The third-order valence-electron chi connectivity index (χ3n) is 3.69. The molecule has 0 saturated heterocycles. The van der Waals surface area contributed by atoms with Gasteiger partial charge in [0.15, 0.2) is 0 Å². The number of hydrogen-bond acceptors (Lipinski definition) is 8. The van der Waals surface area contributed by atoms with Crippen molar-refractivity contribution < 1.29 is 46.9 Å². The molecule has 1 aliphatic rings. The van der Waals surface area contributed by atoms with Crippen molar-refractivity contribution in [2.45, 2.75) is 38.3 Å². The molecule has 2 atom stereocenters. The van der Waals surface area contributed by atoms with E-state index in [9.17, 15) is 32.9 Å². The zero-order valence-corrected chi connectivity index (χ0v) is 17.1. The quantitative estimate of drug-likeness (QED) is 0.177. The summed E-state index contributed by atoms with van der Waals surface area (Å²) in [4.78, 5) is 38.0.